The molecule has 2 aliphatic heterocycles. The second-order valence-electron chi connectivity index (χ2n) is 7.40. The molecule has 2 fully saturated rings. The van der Waals surface area contributed by atoms with Gasteiger partial charge in [-0.05, 0) is 55.0 Å². The number of nitrogens with zero attached hydrogens (tertiary/aromatic N) is 1. The zero-order chi connectivity index (χ0) is 21.4. The second-order valence-corrected chi connectivity index (χ2v) is 8.76. The first-order valence-corrected chi connectivity index (χ1v) is 11.0. The zero-order valence-electron chi connectivity index (χ0n) is 16.7. The molecule has 2 unspecified atom stereocenters. The van der Waals surface area contributed by atoms with Crippen molar-refractivity contribution in [3.8, 4) is 5.75 Å². The van der Waals surface area contributed by atoms with Crippen LogP contribution in [0.5, 0.6) is 5.75 Å². The van der Waals surface area contributed by atoms with E-state index < -0.39 is 17.7 Å². The summed E-state index contributed by atoms with van der Waals surface area (Å²) in [6, 6.07) is 6.06. The summed E-state index contributed by atoms with van der Waals surface area (Å²) in [7, 11) is 1.50. The number of thiophene rings is 1. The van der Waals surface area contributed by atoms with E-state index in [0.717, 1.165) is 23.3 Å². The molecule has 4 rings (SSSR count). The highest BCUT2D eigenvalue weighted by atomic mass is 35.5. The number of ether oxygens (including phenoxy) is 2. The molecule has 2 saturated heterocycles. The molecule has 1 amide bonds. The molecule has 0 bridgehead atoms. The molecule has 1 aromatic carbocycles. The maximum absolute atomic E-state index is 13.1. The summed E-state index contributed by atoms with van der Waals surface area (Å²) in [5.41, 5.74) is 1.25. The summed E-state index contributed by atoms with van der Waals surface area (Å²) in [6.07, 6.45) is 1.64. The van der Waals surface area contributed by atoms with Crippen molar-refractivity contribution in [1.29, 1.82) is 0 Å². The van der Waals surface area contributed by atoms with Crippen LogP contribution in [0, 0.1) is 6.92 Å². The number of hydrogen-bond donors (Lipinski definition) is 1. The monoisotopic (exact) mass is 447 g/mol. The minimum Gasteiger partial charge on any atom is -0.507 e. The third kappa shape index (κ3) is 3.62. The van der Waals surface area contributed by atoms with Gasteiger partial charge in [0.05, 0.1) is 29.9 Å². The molecule has 0 aliphatic carbocycles. The molecule has 0 saturated carbocycles. The summed E-state index contributed by atoms with van der Waals surface area (Å²) in [5, 5.41) is 13.3. The van der Waals surface area contributed by atoms with Crippen molar-refractivity contribution >= 4 is 40.4 Å². The zero-order valence-corrected chi connectivity index (χ0v) is 18.3. The highest BCUT2D eigenvalue weighted by Crippen LogP contribution is 2.44. The number of halogens is 1. The molecule has 0 radical (unpaired) electrons. The fourth-order valence-electron chi connectivity index (χ4n) is 3.97. The number of amides is 1. The predicted molar refractivity (Wildman–Crippen MR) is 115 cm³/mol. The van der Waals surface area contributed by atoms with Crippen molar-refractivity contribution in [1.82, 2.24) is 4.90 Å². The molecule has 158 valence electrons. The van der Waals surface area contributed by atoms with Crippen molar-refractivity contribution in [3.63, 3.8) is 0 Å². The third-order valence-corrected chi connectivity index (χ3v) is 6.94. The van der Waals surface area contributed by atoms with Gasteiger partial charge < -0.3 is 19.5 Å². The fraction of sp³-hybridized carbons (Fsp3) is 0.364. The molecule has 2 aromatic rings. The van der Waals surface area contributed by atoms with E-state index in [4.69, 9.17) is 21.1 Å². The Labute approximate surface area is 183 Å². The van der Waals surface area contributed by atoms with Crippen LogP contribution in [0.4, 0.5) is 0 Å². The Bertz CT molecular complexity index is 1020. The first-order valence-electron chi connectivity index (χ1n) is 9.70. The maximum Gasteiger partial charge on any atom is 0.295 e. The summed E-state index contributed by atoms with van der Waals surface area (Å²) in [5.74, 6) is -1.17. The van der Waals surface area contributed by atoms with Crippen molar-refractivity contribution in [3.05, 3.63) is 56.2 Å². The first kappa shape index (κ1) is 20.9. The van der Waals surface area contributed by atoms with Crippen LogP contribution in [-0.2, 0) is 14.3 Å². The lowest BCUT2D eigenvalue weighted by molar-refractivity contribution is -0.140. The Balaban J connectivity index is 1.86. The molecule has 0 spiro atoms. The molecule has 1 aromatic heterocycles. The number of Topliss-reactive ketones (excluding diaryl/α,β-unsaturated/α-hetero) is 1. The molecular formula is C22H22ClNO5S. The Morgan fingerprint density at radius 1 is 1.37 bits per heavy atom. The minimum atomic E-state index is -0.720. The molecule has 2 atom stereocenters. The predicted octanol–water partition coefficient (Wildman–Crippen LogP) is 4.32. The van der Waals surface area contributed by atoms with Crippen LogP contribution in [0.2, 0.25) is 5.02 Å². The Kier molecular flexibility index (Phi) is 5.86. The standard InChI is InChI=1S/C22H22ClNO5S/c1-12-7-9-30-21(12)18-17(19(25)15-10-13(28-2)5-6-16(15)23)20(26)22(27)24(18)11-14-4-3-8-29-14/h5-7,9-10,14,18,25H,3-4,8,11H2,1-2H3/b19-17+. The largest absolute Gasteiger partial charge is 0.507 e. The van der Waals surface area contributed by atoms with Gasteiger partial charge in [-0.25, -0.2) is 0 Å². The molecule has 3 heterocycles. The summed E-state index contributed by atoms with van der Waals surface area (Å²) >= 11 is 7.76. The summed E-state index contributed by atoms with van der Waals surface area (Å²) < 4.78 is 10.9. The molecule has 8 heteroatoms. The van der Waals surface area contributed by atoms with Crippen molar-refractivity contribution in [2.75, 3.05) is 20.3 Å². The van der Waals surface area contributed by atoms with Gasteiger partial charge in [-0.15, -0.1) is 11.3 Å². The molecular weight excluding hydrogens is 426 g/mol. The lowest BCUT2D eigenvalue weighted by atomic mass is 9.98. The van der Waals surface area contributed by atoms with E-state index >= 15 is 0 Å². The van der Waals surface area contributed by atoms with Crippen molar-refractivity contribution < 1.29 is 24.2 Å². The number of rotatable bonds is 5. The van der Waals surface area contributed by atoms with E-state index in [1.54, 1.807) is 18.2 Å². The van der Waals surface area contributed by atoms with E-state index in [-0.39, 0.29) is 28.0 Å². The number of carbonyl (C=O) groups excluding carboxylic acids is 2. The third-order valence-electron chi connectivity index (χ3n) is 5.54. The Hall–Kier alpha value is -2.35. The molecule has 30 heavy (non-hydrogen) atoms. The van der Waals surface area contributed by atoms with Gasteiger partial charge in [0.15, 0.2) is 0 Å². The lowest BCUT2D eigenvalue weighted by Gasteiger charge is -2.27. The number of carbonyl (C=O) groups is 2. The minimum absolute atomic E-state index is 0.0405. The van der Waals surface area contributed by atoms with E-state index in [2.05, 4.69) is 0 Å². The van der Waals surface area contributed by atoms with E-state index in [1.165, 1.54) is 23.3 Å². The average Bonchev–Trinajstić information content (AvgIpc) is 3.45. The Morgan fingerprint density at radius 2 is 2.17 bits per heavy atom. The number of methoxy groups -OCH3 is 1. The molecule has 1 N–H and O–H groups in total. The number of aryl methyl sites for hydroxylation is 1. The van der Waals surface area contributed by atoms with Crippen molar-refractivity contribution in [2.45, 2.75) is 31.9 Å². The fourth-order valence-corrected chi connectivity index (χ4v) is 5.22. The van der Waals surface area contributed by atoms with Gasteiger partial charge in [0.25, 0.3) is 11.7 Å². The van der Waals surface area contributed by atoms with Crippen LogP contribution < -0.4 is 4.74 Å². The van der Waals surface area contributed by atoms with Crippen molar-refractivity contribution in [2.24, 2.45) is 0 Å². The van der Waals surface area contributed by atoms with Gasteiger partial charge in [-0.2, -0.15) is 0 Å². The topological polar surface area (TPSA) is 76.1 Å². The molecule has 2 aliphatic rings. The number of hydrogen-bond acceptors (Lipinski definition) is 6. The van der Waals surface area contributed by atoms with Gasteiger partial charge >= 0.3 is 0 Å². The number of ketones is 1. The SMILES string of the molecule is COc1ccc(Cl)c(/C(O)=C2\C(=O)C(=O)N(CC3CCCO3)C2c2sccc2C)c1. The highest BCUT2D eigenvalue weighted by Gasteiger charge is 2.48. The summed E-state index contributed by atoms with van der Waals surface area (Å²) in [4.78, 5) is 28.4. The number of benzene rings is 1. The Morgan fingerprint density at radius 3 is 2.80 bits per heavy atom. The van der Waals surface area contributed by atoms with Crippen LogP contribution in [-0.4, -0.2) is 48.1 Å². The highest BCUT2D eigenvalue weighted by molar-refractivity contribution is 7.10. The maximum atomic E-state index is 13.1. The second kappa shape index (κ2) is 8.41. The van der Waals surface area contributed by atoms with Gasteiger partial charge in [-0.3, -0.25) is 9.59 Å². The van der Waals surface area contributed by atoms with Crippen LogP contribution in [0.25, 0.3) is 5.76 Å². The molecule has 6 nitrogen and oxygen atoms in total. The van der Waals surface area contributed by atoms with Crippen LogP contribution >= 0.6 is 22.9 Å². The quantitative estimate of drug-likeness (QED) is 0.419. The first-order chi connectivity index (χ1) is 14.4. The van der Waals surface area contributed by atoms with E-state index in [0.29, 0.717) is 18.9 Å². The lowest BCUT2D eigenvalue weighted by Crippen LogP contribution is -2.36. The summed E-state index contributed by atoms with van der Waals surface area (Å²) in [6.45, 7) is 2.88. The van der Waals surface area contributed by atoms with Crippen LogP contribution in [0.1, 0.15) is 34.9 Å². The van der Waals surface area contributed by atoms with Gasteiger partial charge in [0.2, 0.25) is 0 Å². The van der Waals surface area contributed by atoms with Crippen LogP contribution in [0.3, 0.4) is 0 Å². The number of aliphatic hydroxyl groups excluding tert-OH is 1. The average molecular weight is 448 g/mol. The number of likely N-dealkylation sites (tertiary alicyclic amines) is 1. The van der Waals surface area contributed by atoms with E-state index in [9.17, 15) is 14.7 Å². The van der Waals surface area contributed by atoms with Gasteiger partial charge in [0.1, 0.15) is 11.5 Å². The van der Waals surface area contributed by atoms with Crippen LogP contribution in [0.15, 0.2) is 35.2 Å². The van der Waals surface area contributed by atoms with E-state index in [1.807, 2.05) is 18.4 Å². The van der Waals surface area contributed by atoms with Gasteiger partial charge in [-0.1, -0.05) is 11.6 Å². The van der Waals surface area contributed by atoms with Gasteiger partial charge in [0, 0.05) is 23.6 Å². The number of aliphatic hydroxyl groups is 1. The smallest absolute Gasteiger partial charge is 0.295 e. The normalized spacial score (nSPS) is 23.4.